The minimum absolute atomic E-state index is 0.145. The van der Waals surface area contributed by atoms with Crippen LogP contribution in [0.15, 0.2) is 65.7 Å². The maximum Gasteiger partial charge on any atom is 0.214 e. The number of hydrogen-bond donors (Lipinski definition) is 1. The summed E-state index contributed by atoms with van der Waals surface area (Å²) in [7, 11) is 0. The van der Waals surface area contributed by atoms with Crippen LogP contribution in [-0.2, 0) is 6.42 Å². The van der Waals surface area contributed by atoms with E-state index in [1.807, 2.05) is 66.9 Å². The molecule has 0 saturated carbocycles. The van der Waals surface area contributed by atoms with E-state index in [0.29, 0.717) is 25.0 Å². The largest absolute Gasteiger partial charge is 0.493 e. The number of fused-ring (bicyclic) bond motifs is 1. The van der Waals surface area contributed by atoms with Crippen molar-refractivity contribution in [1.82, 2.24) is 15.1 Å². The number of ether oxygens (including phenoxy) is 1. The first-order chi connectivity index (χ1) is 17.1. The second-order valence-electron chi connectivity index (χ2n) is 9.13. The van der Waals surface area contributed by atoms with Gasteiger partial charge in [-0.2, -0.15) is 5.26 Å². The van der Waals surface area contributed by atoms with E-state index in [1.54, 1.807) is 0 Å². The molecule has 0 amide bonds. The predicted octanol–water partition coefficient (Wildman–Crippen LogP) is 4.17. The van der Waals surface area contributed by atoms with Gasteiger partial charge in [-0.15, -0.1) is 15.2 Å². The molecule has 2 aromatic carbocycles. The quantitative estimate of drug-likeness (QED) is 0.350. The Morgan fingerprint density at radius 1 is 1.09 bits per heavy atom. The molecule has 1 aromatic heterocycles. The van der Waals surface area contributed by atoms with E-state index >= 15 is 0 Å². The van der Waals surface area contributed by atoms with Crippen LogP contribution in [0.3, 0.4) is 0 Å². The van der Waals surface area contributed by atoms with Crippen LogP contribution in [0.5, 0.6) is 5.75 Å². The molecule has 1 unspecified atom stereocenters. The standard InChI is InChI=1S/C27H29N7O/c1-19(2)24-17-33(26-12-11-22(31-32-26)20-7-4-3-5-8-20)14-15-34(24)27(29-18-28)30-23-9-6-10-25-21(23)13-16-35-25/h3-12,19,24H,13-17H2,1-2H3,(H,29,30). The molecule has 3 aromatic rings. The summed E-state index contributed by atoms with van der Waals surface area (Å²) in [5.74, 6) is 2.68. The van der Waals surface area contributed by atoms with Crippen molar-refractivity contribution in [3.05, 3.63) is 66.2 Å². The molecule has 35 heavy (non-hydrogen) atoms. The highest BCUT2D eigenvalue weighted by Crippen LogP contribution is 2.32. The maximum absolute atomic E-state index is 9.46. The fraction of sp³-hybridized carbons (Fsp3) is 0.333. The third-order valence-corrected chi connectivity index (χ3v) is 6.65. The van der Waals surface area contributed by atoms with Gasteiger partial charge in [-0.25, -0.2) is 0 Å². The smallest absolute Gasteiger partial charge is 0.214 e. The normalized spacial score (nSPS) is 17.7. The van der Waals surface area contributed by atoms with Crippen LogP contribution < -0.4 is 15.0 Å². The molecule has 0 spiro atoms. The zero-order valence-corrected chi connectivity index (χ0v) is 20.1. The van der Waals surface area contributed by atoms with Crippen LogP contribution in [0.4, 0.5) is 11.5 Å². The molecule has 1 N–H and O–H groups in total. The number of benzene rings is 2. The molecule has 178 valence electrons. The zero-order valence-electron chi connectivity index (χ0n) is 20.1. The van der Waals surface area contributed by atoms with Crippen LogP contribution in [0.2, 0.25) is 0 Å². The van der Waals surface area contributed by atoms with Crippen LogP contribution in [0, 0.1) is 17.4 Å². The fourth-order valence-corrected chi connectivity index (χ4v) is 4.78. The molecule has 2 aliphatic heterocycles. The molecule has 1 fully saturated rings. The molecule has 8 nitrogen and oxygen atoms in total. The Hall–Kier alpha value is -4.12. The fourth-order valence-electron chi connectivity index (χ4n) is 4.78. The Morgan fingerprint density at radius 2 is 1.94 bits per heavy atom. The number of guanidine groups is 1. The number of nitrogens with zero attached hydrogens (tertiary/aromatic N) is 6. The first-order valence-electron chi connectivity index (χ1n) is 12.0. The van der Waals surface area contributed by atoms with E-state index in [-0.39, 0.29) is 6.04 Å². The van der Waals surface area contributed by atoms with E-state index in [4.69, 9.17) is 4.74 Å². The number of piperazine rings is 1. The molecule has 1 saturated heterocycles. The minimum atomic E-state index is 0.145. The van der Waals surface area contributed by atoms with Crippen molar-refractivity contribution in [2.45, 2.75) is 26.3 Å². The van der Waals surface area contributed by atoms with Gasteiger partial charge in [-0.3, -0.25) is 0 Å². The van der Waals surface area contributed by atoms with Crippen LogP contribution in [0.1, 0.15) is 19.4 Å². The average molecular weight is 468 g/mol. The minimum Gasteiger partial charge on any atom is -0.493 e. The summed E-state index contributed by atoms with van der Waals surface area (Å²) in [5.41, 5.74) is 3.99. The lowest BCUT2D eigenvalue weighted by Gasteiger charge is -2.44. The van der Waals surface area contributed by atoms with Gasteiger partial charge in [0.05, 0.1) is 18.3 Å². The average Bonchev–Trinajstić information content (AvgIpc) is 3.39. The summed E-state index contributed by atoms with van der Waals surface area (Å²) in [5, 5.41) is 21.9. The zero-order chi connectivity index (χ0) is 24.2. The summed E-state index contributed by atoms with van der Waals surface area (Å²) < 4.78 is 5.71. The Labute approximate surface area is 205 Å². The monoisotopic (exact) mass is 467 g/mol. The molecule has 2 aliphatic rings. The molecular formula is C27H29N7O. The van der Waals surface area contributed by atoms with Gasteiger partial charge < -0.3 is 19.9 Å². The number of aromatic nitrogens is 2. The van der Waals surface area contributed by atoms with E-state index in [9.17, 15) is 5.26 Å². The number of nitrogens with one attached hydrogen (secondary N) is 1. The van der Waals surface area contributed by atoms with Crippen molar-refractivity contribution in [1.29, 1.82) is 5.26 Å². The van der Waals surface area contributed by atoms with Gasteiger partial charge in [-0.1, -0.05) is 50.2 Å². The van der Waals surface area contributed by atoms with Crippen molar-refractivity contribution in [3.63, 3.8) is 0 Å². The molecule has 1 atom stereocenters. The molecule has 8 heteroatoms. The van der Waals surface area contributed by atoms with Gasteiger partial charge in [0, 0.05) is 42.9 Å². The van der Waals surface area contributed by atoms with Gasteiger partial charge in [0.1, 0.15) is 5.75 Å². The lowest BCUT2D eigenvalue weighted by atomic mass is 9.99. The van der Waals surface area contributed by atoms with Crippen molar-refractivity contribution in [3.8, 4) is 23.2 Å². The van der Waals surface area contributed by atoms with E-state index < -0.39 is 0 Å². The van der Waals surface area contributed by atoms with Crippen molar-refractivity contribution >= 4 is 17.5 Å². The molecule has 3 heterocycles. The van der Waals surface area contributed by atoms with Crippen LogP contribution >= 0.6 is 0 Å². The van der Waals surface area contributed by atoms with Crippen LogP contribution in [0.25, 0.3) is 11.3 Å². The first-order valence-corrected chi connectivity index (χ1v) is 12.0. The van der Waals surface area contributed by atoms with Crippen molar-refractivity contribution in [2.24, 2.45) is 10.9 Å². The van der Waals surface area contributed by atoms with Crippen LogP contribution in [-0.4, -0.2) is 53.3 Å². The number of anilines is 2. The second kappa shape index (κ2) is 10.0. The van der Waals surface area contributed by atoms with Gasteiger partial charge in [0.2, 0.25) is 12.2 Å². The number of rotatable bonds is 4. The Balaban J connectivity index is 1.35. The Morgan fingerprint density at radius 3 is 2.69 bits per heavy atom. The Kier molecular flexibility index (Phi) is 6.49. The number of aliphatic imine (C=N–C) groups is 1. The first kappa shape index (κ1) is 22.7. The highest BCUT2D eigenvalue weighted by molar-refractivity contribution is 5.95. The van der Waals surface area contributed by atoms with E-state index in [0.717, 1.165) is 53.6 Å². The molecule has 5 rings (SSSR count). The van der Waals surface area contributed by atoms with Crippen molar-refractivity contribution < 1.29 is 4.74 Å². The summed E-state index contributed by atoms with van der Waals surface area (Å²) >= 11 is 0. The number of nitriles is 1. The predicted molar refractivity (Wildman–Crippen MR) is 137 cm³/mol. The third-order valence-electron chi connectivity index (χ3n) is 6.65. The molecular weight excluding hydrogens is 438 g/mol. The second-order valence-corrected chi connectivity index (χ2v) is 9.13. The van der Waals surface area contributed by atoms with E-state index in [1.165, 1.54) is 0 Å². The van der Waals surface area contributed by atoms with Gasteiger partial charge in [0.15, 0.2) is 5.82 Å². The highest BCUT2D eigenvalue weighted by atomic mass is 16.5. The Bertz CT molecular complexity index is 1230. The van der Waals surface area contributed by atoms with Gasteiger partial charge in [-0.05, 0) is 30.2 Å². The molecule has 0 bridgehead atoms. The summed E-state index contributed by atoms with van der Waals surface area (Å²) in [6.07, 6.45) is 2.84. The summed E-state index contributed by atoms with van der Waals surface area (Å²) in [6, 6.07) is 20.2. The third kappa shape index (κ3) is 4.76. The number of hydrogen-bond acceptors (Lipinski definition) is 6. The van der Waals surface area contributed by atoms with E-state index in [2.05, 4.69) is 44.2 Å². The van der Waals surface area contributed by atoms with Gasteiger partial charge in [0.25, 0.3) is 0 Å². The van der Waals surface area contributed by atoms with Gasteiger partial charge >= 0.3 is 0 Å². The van der Waals surface area contributed by atoms with Crippen molar-refractivity contribution in [2.75, 3.05) is 36.5 Å². The SMILES string of the molecule is CC(C)C1CN(c2ccc(-c3ccccc3)nn2)CCN1/C(=N\C#N)Nc1cccc2c1CCO2. The lowest BCUT2D eigenvalue weighted by molar-refractivity contribution is 0.223. The topological polar surface area (TPSA) is 89.7 Å². The molecule has 0 aliphatic carbocycles. The molecule has 0 radical (unpaired) electrons. The summed E-state index contributed by atoms with van der Waals surface area (Å²) in [6.45, 7) is 7.30. The highest BCUT2D eigenvalue weighted by Gasteiger charge is 2.33. The maximum atomic E-state index is 9.46. The lowest BCUT2D eigenvalue weighted by Crippen LogP contribution is -2.58. The summed E-state index contributed by atoms with van der Waals surface area (Å²) in [4.78, 5) is 8.67.